The molecule has 1 aromatic heterocycles. The predicted octanol–water partition coefficient (Wildman–Crippen LogP) is 3.64. The van der Waals surface area contributed by atoms with Gasteiger partial charge in [0.1, 0.15) is 5.75 Å². The Bertz CT molecular complexity index is 1010. The number of pyridine rings is 1. The Labute approximate surface area is 168 Å². The second-order valence-electron chi connectivity index (χ2n) is 6.55. The average Bonchev–Trinajstić information content (AvgIpc) is 2.69. The van der Waals surface area contributed by atoms with Gasteiger partial charge in [0.05, 0.1) is 18.4 Å². The van der Waals surface area contributed by atoms with E-state index >= 15 is 0 Å². The fourth-order valence-electron chi connectivity index (χ4n) is 2.82. The number of ether oxygens (including phenoxy) is 1. The molecule has 3 rings (SSSR count). The number of rotatable bonds is 7. The van der Waals surface area contributed by atoms with E-state index in [9.17, 15) is 9.59 Å². The van der Waals surface area contributed by atoms with Crippen molar-refractivity contribution < 1.29 is 14.3 Å². The van der Waals surface area contributed by atoms with Crippen LogP contribution >= 0.6 is 0 Å². The van der Waals surface area contributed by atoms with Gasteiger partial charge < -0.3 is 21.1 Å². The van der Waals surface area contributed by atoms with Crippen molar-refractivity contribution in [2.75, 3.05) is 17.2 Å². The smallest absolute Gasteiger partial charge is 0.248 e. The van der Waals surface area contributed by atoms with Gasteiger partial charge in [-0.25, -0.2) is 4.98 Å². The molecule has 0 atom stereocenters. The summed E-state index contributed by atoms with van der Waals surface area (Å²) in [5.41, 5.74) is 9.30. The van der Waals surface area contributed by atoms with Crippen LogP contribution < -0.4 is 21.1 Å². The van der Waals surface area contributed by atoms with Gasteiger partial charge in [0.25, 0.3) is 0 Å². The summed E-state index contributed by atoms with van der Waals surface area (Å²) in [6.45, 7) is 4.13. The first-order chi connectivity index (χ1) is 13.9. The maximum atomic E-state index is 12.2. The molecule has 29 heavy (non-hydrogen) atoms. The van der Waals surface area contributed by atoms with Crippen LogP contribution in [-0.4, -0.2) is 23.3 Å². The zero-order chi connectivity index (χ0) is 20.8. The van der Waals surface area contributed by atoms with E-state index in [0.717, 1.165) is 16.8 Å². The minimum atomic E-state index is -0.532. The minimum Gasteiger partial charge on any atom is -0.439 e. The summed E-state index contributed by atoms with van der Waals surface area (Å²) < 4.78 is 5.62. The third-order valence-electron chi connectivity index (χ3n) is 4.27. The monoisotopic (exact) mass is 390 g/mol. The van der Waals surface area contributed by atoms with Gasteiger partial charge in [-0.1, -0.05) is 24.3 Å². The Kier molecular flexibility index (Phi) is 6.09. The van der Waals surface area contributed by atoms with Crippen molar-refractivity contribution in [3.05, 3.63) is 77.5 Å². The Morgan fingerprint density at radius 2 is 1.76 bits per heavy atom. The van der Waals surface area contributed by atoms with Crippen LogP contribution in [0.1, 0.15) is 21.5 Å². The highest BCUT2D eigenvalue weighted by molar-refractivity contribution is 5.94. The molecule has 4 N–H and O–H groups in total. The molecule has 0 radical (unpaired) electrons. The number of primary amides is 1. The van der Waals surface area contributed by atoms with Crippen LogP contribution in [0.5, 0.6) is 11.6 Å². The number of aromatic nitrogens is 1. The Balaban J connectivity index is 1.57. The van der Waals surface area contributed by atoms with E-state index in [2.05, 4.69) is 15.6 Å². The third kappa shape index (κ3) is 5.32. The van der Waals surface area contributed by atoms with E-state index in [-0.39, 0.29) is 12.5 Å². The third-order valence-corrected chi connectivity index (χ3v) is 4.27. The molecule has 0 aliphatic heterocycles. The molecule has 0 saturated carbocycles. The molecule has 2 aromatic carbocycles. The van der Waals surface area contributed by atoms with Crippen LogP contribution in [0.25, 0.3) is 0 Å². The lowest BCUT2D eigenvalue weighted by Crippen LogP contribution is -2.22. The molecule has 0 unspecified atom stereocenters. The van der Waals surface area contributed by atoms with Gasteiger partial charge in [0.15, 0.2) is 0 Å². The van der Waals surface area contributed by atoms with Crippen molar-refractivity contribution >= 4 is 23.2 Å². The standard InChI is InChI=1S/C22H22N4O3/c1-14-5-3-6-15(2)21(14)25-13-19(27)26-17-9-10-20(24-12-17)29-18-8-4-7-16(11-18)22(23)28/h3-12,25H,13H2,1-2H3,(H2,23,28)(H,26,27). The lowest BCUT2D eigenvalue weighted by atomic mass is 10.1. The van der Waals surface area contributed by atoms with Gasteiger partial charge in [-0.3, -0.25) is 9.59 Å². The van der Waals surface area contributed by atoms with Crippen LogP contribution in [0.3, 0.4) is 0 Å². The summed E-state index contributed by atoms with van der Waals surface area (Å²) >= 11 is 0. The molecule has 0 bridgehead atoms. The lowest BCUT2D eigenvalue weighted by molar-refractivity contribution is -0.114. The number of nitrogens with zero attached hydrogens (tertiary/aromatic N) is 1. The number of hydrogen-bond donors (Lipinski definition) is 3. The average molecular weight is 390 g/mol. The van der Waals surface area contributed by atoms with Crippen LogP contribution in [0.4, 0.5) is 11.4 Å². The maximum Gasteiger partial charge on any atom is 0.248 e. The Morgan fingerprint density at radius 1 is 1.03 bits per heavy atom. The van der Waals surface area contributed by atoms with Gasteiger partial charge in [0.2, 0.25) is 17.7 Å². The summed E-state index contributed by atoms with van der Waals surface area (Å²) in [6.07, 6.45) is 1.50. The second kappa shape index (κ2) is 8.88. The largest absolute Gasteiger partial charge is 0.439 e. The van der Waals surface area contributed by atoms with E-state index in [0.29, 0.717) is 22.9 Å². The second-order valence-corrected chi connectivity index (χ2v) is 6.55. The molecule has 0 saturated heterocycles. The normalized spacial score (nSPS) is 10.3. The van der Waals surface area contributed by atoms with E-state index < -0.39 is 5.91 Å². The van der Waals surface area contributed by atoms with Crippen LogP contribution in [0, 0.1) is 13.8 Å². The number of anilines is 2. The molecular weight excluding hydrogens is 368 g/mol. The van der Waals surface area contributed by atoms with Crippen molar-refractivity contribution in [3.8, 4) is 11.6 Å². The van der Waals surface area contributed by atoms with Gasteiger partial charge in [-0.15, -0.1) is 0 Å². The first kappa shape index (κ1) is 19.9. The minimum absolute atomic E-state index is 0.143. The van der Waals surface area contributed by atoms with Crippen molar-refractivity contribution in [2.24, 2.45) is 5.73 Å². The molecular formula is C22H22N4O3. The molecule has 7 nitrogen and oxygen atoms in total. The molecule has 148 valence electrons. The number of para-hydroxylation sites is 1. The summed E-state index contributed by atoms with van der Waals surface area (Å²) in [5.74, 6) is 0.0647. The Hall–Kier alpha value is -3.87. The number of nitrogens with one attached hydrogen (secondary N) is 2. The molecule has 7 heteroatoms. The number of benzene rings is 2. The number of nitrogens with two attached hydrogens (primary N) is 1. The SMILES string of the molecule is Cc1cccc(C)c1NCC(=O)Nc1ccc(Oc2cccc(C(N)=O)c2)nc1. The molecule has 0 aliphatic carbocycles. The predicted molar refractivity (Wildman–Crippen MR) is 112 cm³/mol. The molecule has 3 aromatic rings. The summed E-state index contributed by atoms with van der Waals surface area (Å²) in [4.78, 5) is 27.6. The quantitative estimate of drug-likeness (QED) is 0.571. The highest BCUT2D eigenvalue weighted by Crippen LogP contribution is 2.22. The Morgan fingerprint density at radius 3 is 2.41 bits per heavy atom. The zero-order valence-corrected chi connectivity index (χ0v) is 16.2. The topological polar surface area (TPSA) is 106 Å². The maximum absolute atomic E-state index is 12.2. The lowest BCUT2D eigenvalue weighted by Gasteiger charge is -2.12. The van der Waals surface area contributed by atoms with E-state index in [4.69, 9.17) is 10.5 Å². The first-order valence-corrected chi connectivity index (χ1v) is 9.06. The van der Waals surface area contributed by atoms with Crippen LogP contribution in [-0.2, 0) is 4.79 Å². The van der Waals surface area contributed by atoms with Crippen molar-refractivity contribution in [1.82, 2.24) is 4.98 Å². The summed E-state index contributed by atoms with van der Waals surface area (Å²) in [6, 6.07) is 15.8. The van der Waals surface area contributed by atoms with Crippen LogP contribution in [0.15, 0.2) is 60.8 Å². The van der Waals surface area contributed by atoms with E-state index in [1.165, 1.54) is 6.20 Å². The number of aryl methyl sites for hydroxylation is 2. The molecule has 0 fully saturated rings. The van der Waals surface area contributed by atoms with Crippen molar-refractivity contribution in [3.63, 3.8) is 0 Å². The van der Waals surface area contributed by atoms with E-state index in [1.54, 1.807) is 36.4 Å². The fourth-order valence-corrected chi connectivity index (χ4v) is 2.82. The van der Waals surface area contributed by atoms with Crippen molar-refractivity contribution in [2.45, 2.75) is 13.8 Å². The number of hydrogen-bond acceptors (Lipinski definition) is 5. The first-order valence-electron chi connectivity index (χ1n) is 9.06. The zero-order valence-electron chi connectivity index (χ0n) is 16.2. The van der Waals surface area contributed by atoms with Crippen LogP contribution in [0.2, 0.25) is 0 Å². The molecule has 2 amide bonds. The number of carbonyl (C=O) groups excluding carboxylic acids is 2. The van der Waals surface area contributed by atoms with Gasteiger partial charge in [0, 0.05) is 17.3 Å². The van der Waals surface area contributed by atoms with E-state index in [1.807, 2.05) is 32.0 Å². The summed E-state index contributed by atoms with van der Waals surface area (Å²) in [5, 5.41) is 5.95. The molecule has 1 heterocycles. The van der Waals surface area contributed by atoms with Gasteiger partial charge >= 0.3 is 0 Å². The molecule has 0 spiro atoms. The number of carbonyl (C=O) groups is 2. The summed E-state index contributed by atoms with van der Waals surface area (Å²) in [7, 11) is 0. The molecule has 0 aliphatic rings. The number of amides is 2. The van der Waals surface area contributed by atoms with Crippen molar-refractivity contribution in [1.29, 1.82) is 0 Å². The van der Waals surface area contributed by atoms with Gasteiger partial charge in [-0.05, 0) is 49.2 Å². The highest BCUT2D eigenvalue weighted by atomic mass is 16.5. The fraction of sp³-hybridized carbons (Fsp3) is 0.136. The highest BCUT2D eigenvalue weighted by Gasteiger charge is 2.07. The van der Waals surface area contributed by atoms with Gasteiger partial charge in [-0.2, -0.15) is 0 Å².